The maximum atomic E-state index is 6.31. The first kappa shape index (κ1) is 15.5. The topological polar surface area (TPSA) is 47.1 Å². The molecule has 1 aromatic rings. The quantitative estimate of drug-likeness (QED) is 0.822. The van der Waals surface area contributed by atoms with Crippen LogP contribution in [0.25, 0.3) is 0 Å². The van der Waals surface area contributed by atoms with Crippen LogP contribution in [-0.4, -0.2) is 45.8 Å². The predicted octanol–water partition coefficient (Wildman–Crippen LogP) is 1.88. The van der Waals surface area contributed by atoms with E-state index in [2.05, 4.69) is 43.3 Å². The van der Waals surface area contributed by atoms with Gasteiger partial charge >= 0.3 is 0 Å². The first-order valence-electron chi connectivity index (χ1n) is 6.46. The Morgan fingerprint density at radius 1 is 1.56 bits per heavy atom. The zero-order valence-electron chi connectivity index (χ0n) is 12.1. The SMILES string of the molecule is CCC(N)C(c1cnn(C)c1)N(C)C(C)CSC. The Kier molecular flexibility index (Phi) is 6.18. The van der Waals surface area contributed by atoms with E-state index in [1.54, 1.807) is 0 Å². The summed E-state index contributed by atoms with van der Waals surface area (Å²) in [5.41, 5.74) is 7.52. The molecule has 0 radical (unpaired) electrons. The van der Waals surface area contributed by atoms with Crippen molar-refractivity contribution in [1.82, 2.24) is 14.7 Å². The number of rotatable bonds is 7. The van der Waals surface area contributed by atoms with Gasteiger partial charge in [0.1, 0.15) is 0 Å². The molecule has 2 N–H and O–H groups in total. The Balaban J connectivity index is 2.91. The lowest BCUT2D eigenvalue weighted by molar-refractivity contribution is 0.171. The Morgan fingerprint density at radius 3 is 2.67 bits per heavy atom. The predicted molar refractivity (Wildman–Crippen MR) is 79.8 cm³/mol. The highest BCUT2D eigenvalue weighted by Crippen LogP contribution is 2.26. The normalized spacial score (nSPS) is 16.8. The molecule has 3 atom stereocenters. The molecule has 1 rings (SSSR count). The van der Waals surface area contributed by atoms with Crippen LogP contribution in [0, 0.1) is 0 Å². The molecule has 1 aromatic heterocycles. The van der Waals surface area contributed by atoms with Gasteiger partial charge in [0.15, 0.2) is 0 Å². The van der Waals surface area contributed by atoms with Gasteiger partial charge in [-0.15, -0.1) is 0 Å². The van der Waals surface area contributed by atoms with Gasteiger partial charge in [0.05, 0.1) is 12.2 Å². The van der Waals surface area contributed by atoms with Crippen LogP contribution in [-0.2, 0) is 7.05 Å². The van der Waals surface area contributed by atoms with Gasteiger partial charge in [0, 0.05) is 36.6 Å². The highest BCUT2D eigenvalue weighted by molar-refractivity contribution is 7.98. The summed E-state index contributed by atoms with van der Waals surface area (Å²) >= 11 is 1.87. The molecule has 0 spiro atoms. The summed E-state index contributed by atoms with van der Waals surface area (Å²) < 4.78 is 1.85. The number of hydrogen-bond donors (Lipinski definition) is 1. The van der Waals surface area contributed by atoms with Crippen LogP contribution >= 0.6 is 11.8 Å². The summed E-state index contributed by atoms with van der Waals surface area (Å²) in [6.07, 6.45) is 7.12. The average molecular weight is 270 g/mol. The van der Waals surface area contributed by atoms with E-state index in [4.69, 9.17) is 5.73 Å². The van der Waals surface area contributed by atoms with Gasteiger partial charge in [-0.1, -0.05) is 6.92 Å². The summed E-state index contributed by atoms with van der Waals surface area (Å²) in [5, 5.41) is 4.27. The van der Waals surface area contributed by atoms with E-state index in [1.165, 1.54) is 5.56 Å². The molecule has 0 aromatic carbocycles. The molecule has 0 aliphatic heterocycles. The minimum Gasteiger partial charge on any atom is -0.326 e. The second kappa shape index (κ2) is 7.16. The molecule has 3 unspecified atom stereocenters. The third-order valence-corrected chi connectivity index (χ3v) is 4.30. The highest BCUT2D eigenvalue weighted by atomic mass is 32.2. The largest absolute Gasteiger partial charge is 0.326 e. The van der Waals surface area contributed by atoms with Gasteiger partial charge < -0.3 is 5.73 Å². The van der Waals surface area contributed by atoms with Crippen LogP contribution in [0.5, 0.6) is 0 Å². The van der Waals surface area contributed by atoms with Gasteiger partial charge in [0.25, 0.3) is 0 Å². The van der Waals surface area contributed by atoms with E-state index >= 15 is 0 Å². The summed E-state index contributed by atoms with van der Waals surface area (Å²) in [6, 6.07) is 0.886. The molecule has 0 aliphatic carbocycles. The van der Waals surface area contributed by atoms with Crippen molar-refractivity contribution < 1.29 is 0 Å². The van der Waals surface area contributed by atoms with E-state index in [0.29, 0.717) is 6.04 Å². The fourth-order valence-electron chi connectivity index (χ4n) is 2.23. The summed E-state index contributed by atoms with van der Waals surface area (Å²) in [6.45, 7) is 4.39. The molecule has 5 heteroatoms. The molecule has 0 saturated carbocycles. The fourth-order valence-corrected chi connectivity index (χ4v) is 2.95. The van der Waals surface area contributed by atoms with Crippen LogP contribution in [0.3, 0.4) is 0 Å². The summed E-state index contributed by atoms with van der Waals surface area (Å²) in [4.78, 5) is 2.38. The van der Waals surface area contributed by atoms with E-state index in [-0.39, 0.29) is 12.1 Å². The minimum absolute atomic E-state index is 0.142. The molecule has 4 nitrogen and oxygen atoms in total. The number of hydrogen-bond acceptors (Lipinski definition) is 4. The van der Waals surface area contributed by atoms with Gasteiger partial charge in [-0.25, -0.2) is 0 Å². The molecule has 1 heterocycles. The molecule has 104 valence electrons. The number of nitrogens with zero attached hydrogens (tertiary/aromatic N) is 3. The van der Waals surface area contributed by atoms with Crippen LogP contribution in [0.4, 0.5) is 0 Å². The lowest BCUT2D eigenvalue weighted by Crippen LogP contribution is -2.43. The van der Waals surface area contributed by atoms with Crippen LogP contribution in [0.1, 0.15) is 31.9 Å². The second-order valence-electron chi connectivity index (χ2n) is 4.93. The summed E-state index contributed by atoms with van der Waals surface area (Å²) in [7, 11) is 4.11. The van der Waals surface area contributed by atoms with Gasteiger partial charge in [0.2, 0.25) is 0 Å². The van der Waals surface area contributed by atoms with E-state index < -0.39 is 0 Å². The van der Waals surface area contributed by atoms with Gasteiger partial charge in [-0.3, -0.25) is 9.58 Å². The van der Waals surface area contributed by atoms with Crippen molar-refractivity contribution in [3.8, 4) is 0 Å². The smallest absolute Gasteiger partial charge is 0.0538 e. The lowest BCUT2D eigenvalue weighted by Gasteiger charge is -2.35. The van der Waals surface area contributed by atoms with Crippen molar-refractivity contribution in [2.75, 3.05) is 19.1 Å². The number of nitrogens with two attached hydrogens (primary N) is 1. The molecular formula is C13H26N4S. The van der Waals surface area contributed by atoms with E-state index in [9.17, 15) is 0 Å². The van der Waals surface area contributed by atoms with E-state index in [1.807, 2.05) is 29.7 Å². The first-order valence-corrected chi connectivity index (χ1v) is 7.85. The number of aromatic nitrogens is 2. The van der Waals surface area contributed by atoms with E-state index in [0.717, 1.165) is 12.2 Å². The molecule has 18 heavy (non-hydrogen) atoms. The third kappa shape index (κ3) is 3.73. The molecule has 0 aliphatic rings. The average Bonchev–Trinajstić information content (AvgIpc) is 2.75. The molecule has 0 amide bonds. The monoisotopic (exact) mass is 270 g/mol. The Morgan fingerprint density at radius 2 is 2.22 bits per heavy atom. The number of aryl methyl sites for hydroxylation is 1. The second-order valence-corrected chi connectivity index (χ2v) is 5.84. The van der Waals surface area contributed by atoms with Crippen molar-refractivity contribution in [1.29, 1.82) is 0 Å². The van der Waals surface area contributed by atoms with Crippen molar-refractivity contribution in [3.63, 3.8) is 0 Å². The van der Waals surface area contributed by atoms with Crippen LogP contribution in [0.15, 0.2) is 12.4 Å². The highest BCUT2D eigenvalue weighted by Gasteiger charge is 2.27. The molecular weight excluding hydrogens is 244 g/mol. The molecule has 0 saturated heterocycles. The van der Waals surface area contributed by atoms with Gasteiger partial charge in [-0.05, 0) is 26.6 Å². The lowest BCUT2D eigenvalue weighted by atomic mass is 9.98. The molecule has 0 bridgehead atoms. The van der Waals surface area contributed by atoms with Crippen molar-refractivity contribution in [2.45, 2.75) is 38.4 Å². The number of likely N-dealkylation sites (N-methyl/N-ethyl adjacent to an activating group) is 1. The zero-order chi connectivity index (χ0) is 13.7. The van der Waals surface area contributed by atoms with Crippen molar-refractivity contribution >= 4 is 11.8 Å². The van der Waals surface area contributed by atoms with Crippen molar-refractivity contribution in [2.24, 2.45) is 12.8 Å². The summed E-state index contributed by atoms with van der Waals surface area (Å²) in [5.74, 6) is 1.11. The Labute approximate surface area is 115 Å². The first-order chi connectivity index (χ1) is 8.51. The van der Waals surface area contributed by atoms with Gasteiger partial charge in [-0.2, -0.15) is 16.9 Å². The number of thioether (sulfide) groups is 1. The standard InChI is InChI=1S/C13H26N4S/c1-6-12(14)13(11-7-15-16(3)8-11)17(4)10(2)9-18-5/h7-8,10,12-13H,6,9,14H2,1-5H3. The Bertz CT molecular complexity index is 353. The van der Waals surface area contributed by atoms with Crippen LogP contribution in [0.2, 0.25) is 0 Å². The van der Waals surface area contributed by atoms with Crippen molar-refractivity contribution in [3.05, 3.63) is 18.0 Å². The maximum absolute atomic E-state index is 6.31. The Hall–Kier alpha value is -0.520. The maximum Gasteiger partial charge on any atom is 0.0538 e. The minimum atomic E-state index is 0.142. The zero-order valence-corrected chi connectivity index (χ0v) is 12.9. The fraction of sp³-hybridized carbons (Fsp3) is 0.769. The molecule has 0 fully saturated rings. The van der Waals surface area contributed by atoms with Crippen LogP contribution < -0.4 is 5.73 Å². The third-order valence-electron chi connectivity index (χ3n) is 3.49.